The number of unbranched alkanes of at least 4 members (excludes halogenated alkanes) is 1. The van der Waals surface area contributed by atoms with Gasteiger partial charge < -0.3 is 0 Å². The minimum absolute atomic E-state index is 0.0698. The molecule has 0 aromatic carbocycles. The maximum absolute atomic E-state index is 2.42. The van der Waals surface area contributed by atoms with E-state index < -0.39 is 0 Å². The molecule has 0 N–H and O–H groups in total. The van der Waals surface area contributed by atoms with Gasteiger partial charge in [0.25, 0.3) is 0 Å². The van der Waals surface area contributed by atoms with Gasteiger partial charge in [-0.3, -0.25) is 0 Å². The zero-order valence-electron chi connectivity index (χ0n) is 4.83. The van der Waals surface area contributed by atoms with Gasteiger partial charge in [-0.25, -0.2) is 0 Å². The van der Waals surface area contributed by atoms with Gasteiger partial charge in [0.2, 0.25) is 0 Å². The molecule has 0 bridgehead atoms. The minimum atomic E-state index is 0.0698. The summed E-state index contributed by atoms with van der Waals surface area (Å²) in [5.41, 5.74) is 2.42. The van der Waals surface area contributed by atoms with Gasteiger partial charge in [0, 0.05) is 0 Å². The summed E-state index contributed by atoms with van der Waals surface area (Å²) in [6.45, 7) is 2.26. The van der Waals surface area contributed by atoms with Crippen LogP contribution in [0.1, 0.15) is 19.8 Å². The fraction of sp³-hybridized carbons (Fsp3) is 1.00. The topological polar surface area (TPSA) is 0 Å². The third-order valence-electron chi connectivity index (χ3n) is 0.957. The maximum atomic E-state index is 2.42. The van der Waals surface area contributed by atoms with E-state index in [-0.39, 0.29) is 17.1 Å². The van der Waals surface area contributed by atoms with Crippen molar-refractivity contribution >= 4 is 0 Å². The van der Waals surface area contributed by atoms with Crippen LogP contribution in [0.2, 0.25) is 10.5 Å². The summed E-state index contributed by atoms with van der Waals surface area (Å²) in [5, 5.41) is 1.60. The monoisotopic (exact) mass is 136 g/mol. The molecule has 0 rings (SSSR count). The Morgan fingerprint density at radius 3 is 2.33 bits per heavy atom. The average molecular weight is 138 g/mol. The fourth-order valence-corrected chi connectivity index (χ4v) is 2.60. The van der Waals surface area contributed by atoms with Crippen LogP contribution >= 0.6 is 0 Å². The second-order valence-electron chi connectivity index (χ2n) is 1.71. The van der Waals surface area contributed by atoms with E-state index in [0.717, 1.165) is 0 Å². The van der Waals surface area contributed by atoms with E-state index in [2.05, 4.69) is 12.4 Å². The van der Waals surface area contributed by atoms with Gasteiger partial charge in [-0.15, -0.1) is 0 Å². The van der Waals surface area contributed by atoms with E-state index in [1.54, 1.807) is 5.02 Å². The Morgan fingerprint density at radius 2 is 2.17 bits per heavy atom. The van der Waals surface area contributed by atoms with Crippen LogP contribution in [0, 0.1) is 0 Å². The van der Waals surface area contributed by atoms with Gasteiger partial charge in [-0.1, -0.05) is 0 Å². The van der Waals surface area contributed by atoms with E-state index in [9.17, 15) is 0 Å². The van der Waals surface area contributed by atoms with Crippen molar-refractivity contribution in [3.05, 3.63) is 0 Å². The zero-order valence-corrected chi connectivity index (χ0v) is 7.80. The van der Waals surface area contributed by atoms with Crippen molar-refractivity contribution in [1.82, 2.24) is 0 Å². The van der Waals surface area contributed by atoms with Crippen LogP contribution in [0.25, 0.3) is 0 Å². The van der Waals surface area contributed by atoms with Crippen LogP contribution in [-0.2, 0) is 17.1 Å². The molecule has 0 aliphatic rings. The molecule has 0 aromatic heterocycles. The van der Waals surface area contributed by atoms with E-state index >= 15 is 0 Å². The zero-order chi connectivity index (χ0) is 4.83. The van der Waals surface area contributed by atoms with Crippen molar-refractivity contribution < 1.29 is 17.1 Å². The molecule has 1 heteroatoms. The molecule has 0 atom stereocenters. The van der Waals surface area contributed by atoms with E-state index in [4.69, 9.17) is 0 Å². The quantitative estimate of drug-likeness (QED) is 0.414. The summed E-state index contributed by atoms with van der Waals surface area (Å²) in [7, 11) is 0. The average Bonchev–Trinajstić information content (AvgIpc) is 1.61. The molecule has 34 valence electrons. The Labute approximate surface area is 47.9 Å². The molecule has 0 unspecified atom stereocenters. The van der Waals surface area contributed by atoms with Gasteiger partial charge in [0.1, 0.15) is 0 Å². The second-order valence-corrected chi connectivity index (χ2v) is 5.29. The van der Waals surface area contributed by atoms with Gasteiger partial charge in [0.15, 0.2) is 0 Å². The van der Waals surface area contributed by atoms with E-state index in [1.165, 1.54) is 12.8 Å². The van der Waals surface area contributed by atoms with Crippen LogP contribution in [0.3, 0.4) is 0 Å². The van der Waals surface area contributed by atoms with Crippen molar-refractivity contribution in [3.63, 3.8) is 0 Å². The molecular weight excluding hydrogens is 125 g/mol. The summed E-state index contributed by atoms with van der Waals surface area (Å²) in [6.07, 6.45) is 2.90. The van der Waals surface area contributed by atoms with Crippen LogP contribution in [0.15, 0.2) is 0 Å². The second kappa shape index (κ2) is 5.62. The van der Waals surface area contributed by atoms with Crippen molar-refractivity contribution in [3.8, 4) is 0 Å². The Bertz CT molecular complexity index is 15.9. The summed E-state index contributed by atoms with van der Waals surface area (Å²) in [5.74, 6) is 0. The molecular formula is C5H12Zn. The Hall–Kier alpha value is 0.623. The first-order chi connectivity index (χ1) is 2.91. The van der Waals surface area contributed by atoms with Crippen LogP contribution < -0.4 is 0 Å². The normalized spacial score (nSPS) is 7.67. The number of hydrogen-bond acceptors (Lipinski definition) is 0. The molecule has 0 amide bonds. The number of hydrogen-bond donors (Lipinski definition) is 0. The summed E-state index contributed by atoms with van der Waals surface area (Å²) >= 11 is 0.0698. The summed E-state index contributed by atoms with van der Waals surface area (Å²) in [4.78, 5) is 0. The molecule has 0 nitrogen and oxygen atoms in total. The van der Waals surface area contributed by atoms with Crippen LogP contribution in [0.5, 0.6) is 0 Å². The molecule has 0 fully saturated rings. The van der Waals surface area contributed by atoms with Gasteiger partial charge in [0.05, 0.1) is 0 Å². The third-order valence-corrected chi connectivity index (χ3v) is 3.49. The molecule has 0 aliphatic carbocycles. The van der Waals surface area contributed by atoms with Crippen LogP contribution in [0.4, 0.5) is 0 Å². The molecule has 0 heterocycles. The molecule has 0 saturated carbocycles. The fourth-order valence-electron chi connectivity index (χ4n) is 0.500. The standard InChI is InChI=1S/C4H9.CH3.Zn/c1-3-4-2;;/h1,3-4H2,2H3;1H3;. The Balaban J connectivity index is 2.34. The third kappa shape index (κ3) is 4.62. The number of rotatable bonds is 3. The van der Waals surface area contributed by atoms with E-state index in [0.29, 0.717) is 0 Å². The van der Waals surface area contributed by atoms with Gasteiger partial charge in [-0.2, -0.15) is 0 Å². The molecule has 0 aliphatic heterocycles. The molecule has 6 heavy (non-hydrogen) atoms. The van der Waals surface area contributed by atoms with Crippen molar-refractivity contribution in [1.29, 1.82) is 0 Å². The Kier molecular flexibility index (Phi) is 6.21. The first-order valence-corrected chi connectivity index (χ1v) is 7.98. The summed E-state index contributed by atoms with van der Waals surface area (Å²) < 4.78 is 0. The molecule has 0 radical (unpaired) electrons. The predicted molar refractivity (Wildman–Crippen MR) is 25.6 cm³/mol. The first-order valence-electron chi connectivity index (χ1n) is 2.91. The summed E-state index contributed by atoms with van der Waals surface area (Å²) in [6, 6.07) is 0. The van der Waals surface area contributed by atoms with E-state index in [1.807, 2.05) is 0 Å². The predicted octanol–water partition coefficient (Wildman–Crippen LogP) is 2.34. The van der Waals surface area contributed by atoms with Crippen molar-refractivity contribution in [2.75, 3.05) is 0 Å². The van der Waals surface area contributed by atoms with Crippen molar-refractivity contribution in [2.24, 2.45) is 0 Å². The van der Waals surface area contributed by atoms with Gasteiger partial charge in [-0.05, 0) is 0 Å². The van der Waals surface area contributed by atoms with Gasteiger partial charge >= 0.3 is 47.4 Å². The molecule has 0 saturated heterocycles. The SMILES string of the molecule is CCC[CH2][Zn][CH3]. The van der Waals surface area contributed by atoms with Crippen LogP contribution in [-0.4, -0.2) is 0 Å². The van der Waals surface area contributed by atoms with Crippen molar-refractivity contribution in [2.45, 2.75) is 30.3 Å². The Morgan fingerprint density at radius 1 is 1.50 bits per heavy atom. The molecule has 0 aromatic rings. The molecule has 0 spiro atoms. The first kappa shape index (κ1) is 6.62.